The smallest absolute Gasteiger partial charge is 0.243 e. The third-order valence-corrected chi connectivity index (χ3v) is 5.43. The van der Waals surface area contributed by atoms with Crippen LogP contribution < -0.4 is 10.5 Å². The van der Waals surface area contributed by atoms with Crippen molar-refractivity contribution in [3.05, 3.63) is 24.0 Å². The normalized spacial score (nSPS) is 13.5. The van der Waals surface area contributed by atoms with Crippen molar-refractivity contribution in [2.45, 2.75) is 17.9 Å². The minimum atomic E-state index is -3.90. The number of rotatable bonds is 6. The zero-order valence-corrected chi connectivity index (χ0v) is 14.7. The van der Waals surface area contributed by atoms with Gasteiger partial charge in [-0.1, -0.05) is 0 Å². The molecule has 0 aromatic heterocycles. The fourth-order valence-corrected chi connectivity index (χ4v) is 3.44. The van der Waals surface area contributed by atoms with Crippen molar-refractivity contribution in [2.75, 3.05) is 24.6 Å². The molecular formula is C11H19ClFN3O4S2. The lowest BCUT2D eigenvalue weighted by Crippen LogP contribution is -2.39. The Morgan fingerprint density at radius 3 is 2.27 bits per heavy atom. The lowest BCUT2D eigenvalue weighted by molar-refractivity contribution is 0.394. The van der Waals surface area contributed by atoms with Gasteiger partial charge in [0.15, 0.2) is 0 Å². The molecule has 0 aliphatic heterocycles. The van der Waals surface area contributed by atoms with Gasteiger partial charge in [0, 0.05) is 19.6 Å². The third-order valence-electron chi connectivity index (χ3n) is 2.87. The number of nitrogens with one attached hydrogen (secondary N) is 1. The number of benzene rings is 1. The van der Waals surface area contributed by atoms with Gasteiger partial charge >= 0.3 is 0 Å². The van der Waals surface area contributed by atoms with Gasteiger partial charge in [-0.2, -0.15) is 4.31 Å². The monoisotopic (exact) mass is 375 g/mol. The summed E-state index contributed by atoms with van der Waals surface area (Å²) in [6.45, 7) is 1.74. The van der Waals surface area contributed by atoms with Gasteiger partial charge in [-0.05, 0) is 25.1 Å². The van der Waals surface area contributed by atoms with Gasteiger partial charge in [0.25, 0.3) is 0 Å². The molecule has 1 aromatic rings. The van der Waals surface area contributed by atoms with E-state index in [0.29, 0.717) is 0 Å². The number of nitrogens with two attached hydrogens (primary N) is 1. The summed E-state index contributed by atoms with van der Waals surface area (Å²) < 4.78 is 63.4. The summed E-state index contributed by atoms with van der Waals surface area (Å²) >= 11 is 0. The van der Waals surface area contributed by atoms with Crippen LogP contribution in [-0.4, -0.2) is 47.0 Å². The summed E-state index contributed by atoms with van der Waals surface area (Å²) in [4.78, 5) is -0.276. The van der Waals surface area contributed by atoms with Crippen LogP contribution in [0.4, 0.5) is 10.1 Å². The number of hydrogen-bond donors (Lipinski definition) is 2. The molecule has 22 heavy (non-hydrogen) atoms. The topological polar surface area (TPSA) is 110 Å². The highest BCUT2D eigenvalue weighted by Crippen LogP contribution is 2.22. The van der Waals surface area contributed by atoms with Crippen LogP contribution in [0.25, 0.3) is 0 Å². The average Bonchev–Trinajstić information content (AvgIpc) is 2.37. The molecular weight excluding hydrogens is 357 g/mol. The van der Waals surface area contributed by atoms with Crippen molar-refractivity contribution >= 4 is 38.1 Å². The van der Waals surface area contributed by atoms with Crippen LogP contribution in [0.2, 0.25) is 0 Å². The number of anilines is 1. The third kappa shape index (κ3) is 5.06. The fourth-order valence-electron chi connectivity index (χ4n) is 1.49. The second kappa shape index (κ2) is 7.55. The van der Waals surface area contributed by atoms with Gasteiger partial charge in [-0.15, -0.1) is 12.4 Å². The van der Waals surface area contributed by atoms with Gasteiger partial charge < -0.3 is 5.73 Å². The van der Waals surface area contributed by atoms with E-state index in [4.69, 9.17) is 5.73 Å². The lowest BCUT2D eigenvalue weighted by atomic mass is 10.3. The molecule has 0 bridgehead atoms. The molecule has 0 aliphatic rings. The largest absolute Gasteiger partial charge is 0.329 e. The zero-order valence-electron chi connectivity index (χ0n) is 12.3. The molecule has 0 amide bonds. The van der Waals surface area contributed by atoms with E-state index in [1.807, 2.05) is 4.72 Å². The fraction of sp³-hybridized carbons (Fsp3) is 0.455. The van der Waals surface area contributed by atoms with Gasteiger partial charge in [0.1, 0.15) is 5.82 Å². The van der Waals surface area contributed by atoms with Gasteiger partial charge in [0.2, 0.25) is 20.0 Å². The second-order valence-corrected chi connectivity index (χ2v) is 8.37. The first-order valence-corrected chi connectivity index (χ1v) is 9.27. The first kappa shape index (κ1) is 21.1. The molecule has 11 heteroatoms. The van der Waals surface area contributed by atoms with Crippen molar-refractivity contribution in [1.29, 1.82) is 0 Å². The molecule has 1 unspecified atom stereocenters. The summed E-state index contributed by atoms with van der Waals surface area (Å²) in [5, 5.41) is 0. The minimum absolute atomic E-state index is 0. The Bertz CT molecular complexity index is 725. The molecule has 0 radical (unpaired) electrons. The van der Waals surface area contributed by atoms with Crippen LogP contribution in [0, 0.1) is 5.82 Å². The van der Waals surface area contributed by atoms with Crippen LogP contribution in [0.3, 0.4) is 0 Å². The summed E-state index contributed by atoms with van der Waals surface area (Å²) in [6.07, 6.45) is 0.869. The molecule has 0 heterocycles. The van der Waals surface area contributed by atoms with Crippen LogP contribution in [0.5, 0.6) is 0 Å². The predicted molar refractivity (Wildman–Crippen MR) is 85.6 cm³/mol. The Morgan fingerprint density at radius 2 is 1.86 bits per heavy atom. The number of sulfonamides is 2. The first-order valence-electron chi connectivity index (χ1n) is 5.94. The Morgan fingerprint density at radius 1 is 1.32 bits per heavy atom. The number of likely N-dealkylation sites (N-methyl/N-ethyl adjacent to an activating group) is 1. The van der Waals surface area contributed by atoms with Gasteiger partial charge in [0.05, 0.1) is 16.8 Å². The minimum Gasteiger partial charge on any atom is -0.329 e. The maximum absolute atomic E-state index is 13.8. The van der Waals surface area contributed by atoms with Crippen molar-refractivity contribution in [3.63, 3.8) is 0 Å². The molecule has 1 rings (SSSR count). The molecule has 7 nitrogen and oxygen atoms in total. The van der Waals surface area contributed by atoms with Gasteiger partial charge in [-0.3, -0.25) is 4.72 Å². The molecule has 0 fully saturated rings. The molecule has 1 atom stereocenters. The Hall–Kier alpha value is -0.940. The van der Waals surface area contributed by atoms with E-state index >= 15 is 0 Å². The Kier molecular flexibility index (Phi) is 7.23. The lowest BCUT2D eigenvalue weighted by Gasteiger charge is -2.23. The summed E-state index contributed by atoms with van der Waals surface area (Å²) in [5.41, 5.74) is 5.10. The maximum Gasteiger partial charge on any atom is 0.243 e. The van der Waals surface area contributed by atoms with E-state index < -0.39 is 31.9 Å². The molecule has 128 valence electrons. The summed E-state index contributed by atoms with van der Waals surface area (Å²) in [6, 6.07) is 2.50. The summed E-state index contributed by atoms with van der Waals surface area (Å²) in [5.74, 6) is -0.977. The quantitative estimate of drug-likeness (QED) is 0.756. The van der Waals surface area contributed by atoms with Gasteiger partial charge in [-0.25, -0.2) is 21.2 Å². The van der Waals surface area contributed by atoms with Crippen LogP contribution in [0.15, 0.2) is 23.1 Å². The van der Waals surface area contributed by atoms with Crippen molar-refractivity contribution in [3.8, 4) is 0 Å². The van der Waals surface area contributed by atoms with E-state index in [0.717, 1.165) is 28.8 Å². The highest BCUT2D eigenvalue weighted by Gasteiger charge is 2.25. The predicted octanol–water partition coefficient (Wildman–Crippen LogP) is 0.587. The molecule has 1 aromatic carbocycles. The highest BCUT2D eigenvalue weighted by atomic mass is 35.5. The van der Waals surface area contributed by atoms with Crippen molar-refractivity contribution < 1.29 is 21.2 Å². The van der Waals surface area contributed by atoms with Crippen molar-refractivity contribution in [1.82, 2.24) is 4.31 Å². The zero-order chi connectivity index (χ0) is 16.4. The van der Waals surface area contributed by atoms with E-state index in [9.17, 15) is 21.2 Å². The highest BCUT2D eigenvalue weighted by molar-refractivity contribution is 7.92. The van der Waals surface area contributed by atoms with Crippen LogP contribution >= 0.6 is 12.4 Å². The SMILES string of the molecule is CC(CN)N(C)S(=O)(=O)c1ccc(NS(C)(=O)=O)c(F)c1.Cl. The molecule has 3 N–H and O–H groups in total. The standard InChI is InChI=1S/C11H18FN3O4S2.ClH/c1-8(7-13)15(2)21(18,19)9-4-5-11(10(12)6-9)14-20(3,16)17;/h4-6,8,14H,7,13H2,1-3H3;1H. The van der Waals surface area contributed by atoms with E-state index in [-0.39, 0.29) is 29.5 Å². The van der Waals surface area contributed by atoms with E-state index in [2.05, 4.69) is 0 Å². The summed E-state index contributed by atoms with van der Waals surface area (Å²) in [7, 11) is -6.20. The van der Waals surface area contributed by atoms with E-state index in [1.54, 1.807) is 6.92 Å². The first-order chi connectivity index (χ1) is 9.49. The number of nitrogens with zero attached hydrogens (tertiary/aromatic N) is 1. The Balaban J connectivity index is 0.00000441. The molecule has 0 saturated heterocycles. The number of halogens is 2. The molecule has 0 spiro atoms. The maximum atomic E-state index is 13.8. The Labute approximate surface area is 136 Å². The van der Waals surface area contributed by atoms with E-state index in [1.165, 1.54) is 7.05 Å². The molecule has 0 aliphatic carbocycles. The van der Waals surface area contributed by atoms with Crippen molar-refractivity contribution in [2.24, 2.45) is 5.73 Å². The second-order valence-electron chi connectivity index (χ2n) is 4.62. The van der Waals surface area contributed by atoms with Crippen LogP contribution in [0.1, 0.15) is 6.92 Å². The molecule has 0 saturated carbocycles. The number of hydrogen-bond acceptors (Lipinski definition) is 5. The average molecular weight is 376 g/mol. The van der Waals surface area contributed by atoms with Crippen LogP contribution in [-0.2, 0) is 20.0 Å².